The molecular formula is C35H50ClNO7. The predicted octanol–water partition coefficient (Wildman–Crippen LogP) is 6.85. The number of aliphatic hydroxyl groups excluding tert-OH is 1. The van der Waals surface area contributed by atoms with Crippen LogP contribution in [0.2, 0.25) is 5.02 Å². The van der Waals surface area contributed by atoms with Crippen LogP contribution < -0.4 is 9.47 Å². The van der Waals surface area contributed by atoms with Gasteiger partial charge >= 0.3 is 0 Å². The summed E-state index contributed by atoms with van der Waals surface area (Å²) in [5.74, 6) is 1.45. The third-order valence-corrected chi connectivity index (χ3v) is 9.64. The predicted molar refractivity (Wildman–Crippen MR) is 174 cm³/mol. The zero-order chi connectivity index (χ0) is 32.5. The van der Waals surface area contributed by atoms with Crippen LogP contribution in [0.15, 0.2) is 42.5 Å². The number of nitrogens with zero attached hydrogens (tertiary/aromatic N) is 1. The summed E-state index contributed by atoms with van der Waals surface area (Å²) < 4.78 is 29.1. The molecule has 0 aromatic heterocycles. The van der Waals surface area contributed by atoms with Crippen molar-refractivity contribution < 1.29 is 33.6 Å². The largest absolute Gasteiger partial charge is 0.487 e. The maximum atomic E-state index is 8.95. The number of likely N-dealkylation sites (N-methyl/N-ethyl adjacent to an activating group) is 1. The van der Waals surface area contributed by atoms with Crippen molar-refractivity contribution in [1.82, 2.24) is 4.90 Å². The highest BCUT2D eigenvalue weighted by atomic mass is 35.5. The molecule has 3 aliphatic rings. The van der Waals surface area contributed by atoms with E-state index >= 15 is 0 Å². The third kappa shape index (κ3) is 6.86. The van der Waals surface area contributed by atoms with Gasteiger partial charge in [0.2, 0.25) is 5.79 Å². The van der Waals surface area contributed by atoms with Crippen molar-refractivity contribution in [3.63, 3.8) is 0 Å². The molecule has 0 bridgehead atoms. The smallest absolute Gasteiger partial charge is 0.217 e. The van der Waals surface area contributed by atoms with Gasteiger partial charge in [0, 0.05) is 31.4 Å². The second-order valence-corrected chi connectivity index (χ2v) is 11.9. The molecule has 244 valence electrons. The first kappa shape index (κ1) is 36.0. The van der Waals surface area contributed by atoms with Gasteiger partial charge in [-0.05, 0) is 62.3 Å². The number of benzene rings is 2. The molecule has 2 aromatic rings. The number of likely N-dealkylation sites (tertiary alicyclic amines) is 1. The minimum Gasteiger partial charge on any atom is -0.487 e. The summed E-state index contributed by atoms with van der Waals surface area (Å²) in [6.07, 6.45) is 8.03. The number of methoxy groups -OCH3 is 2. The van der Waals surface area contributed by atoms with E-state index in [4.69, 9.17) is 45.2 Å². The van der Waals surface area contributed by atoms with E-state index in [-0.39, 0.29) is 12.3 Å². The van der Waals surface area contributed by atoms with Gasteiger partial charge in [-0.1, -0.05) is 75.7 Å². The summed E-state index contributed by atoms with van der Waals surface area (Å²) in [5, 5.41) is 9.46. The van der Waals surface area contributed by atoms with Gasteiger partial charge in [0.15, 0.2) is 6.79 Å². The number of halogens is 1. The van der Waals surface area contributed by atoms with E-state index in [1.807, 2.05) is 50.1 Å². The Morgan fingerprint density at radius 3 is 2.23 bits per heavy atom. The number of carbonyl (C=O) groups excluding carboxylic acids is 1. The fourth-order valence-electron chi connectivity index (χ4n) is 6.82. The first-order chi connectivity index (χ1) is 21.3. The summed E-state index contributed by atoms with van der Waals surface area (Å²) in [5.41, 5.74) is 2.36. The summed E-state index contributed by atoms with van der Waals surface area (Å²) >= 11 is 7.14. The number of aliphatic hydroxyl groups is 1. The van der Waals surface area contributed by atoms with Gasteiger partial charge < -0.3 is 33.6 Å². The molecule has 0 radical (unpaired) electrons. The second-order valence-electron chi connectivity index (χ2n) is 11.6. The zero-order valence-electron chi connectivity index (χ0n) is 27.3. The molecule has 2 aliphatic heterocycles. The third-order valence-electron chi connectivity index (χ3n) is 9.26. The van der Waals surface area contributed by atoms with Gasteiger partial charge in [-0.15, -0.1) is 0 Å². The molecule has 6 atom stereocenters. The summed E-state index contributed by atoms with van der Waals surface area (Å²) in [6.45, 7) is 14.4. The Morgan fingerprint density at radius 1 is 1.09 bits per heavy atom. The van der Waals surface area contributed by atoms with Crippen molar-refractivity contribution >= 4 is 24.5 Å². The van der Waals surface area contributed by atoms with Crippen LogP contribution in [0.25, 0.3) is 6.08 Å². The van der Waals surface area contributed by atoms with E-state index in [9.17, 15) is 0 Å². The van der Waals surface area contributed by atoms with Crippen LogP contribution in [-0.4, -0.2) is 68.6 Å². The highest BCUT2D eigenvalue weighted by Gasteiger charge is 2.72. The van der Waals surface area contributed by atoms with E-state index in [1.54, 1.807) is 26.4 Å². The molecular weight excluding hydrogens is 582 g/mol. The first-order valence-corrected chi connectivity index (χ1v) is 15.8. The average molecular weight is 632 g/mol. The van der Waals surface area contributed by atoms with Crippen LogP contribution in [-0.2, 0) is 31.4 Å². The Morgan fingerprint density at radius 2 is 1.77 bits per heavy atom. The number of allylic oxidation sites excluding steroid dienone is 1. The molecule has 1 spiro atoms. The van der Waals surface area contributed by atoms with Crippen molar-refractivity contribution in [1.29, 1.82) is 0 Å². The summed E-state index contributed by atoms with van der Waals surface area (Å²) in [4.78, 5) is 10.6. The maximum Gasteiger partial charge on any atom is 0.217 e. The number of hydrogen-bond acceptors (Lipinski definition) is 8. The van der Waals surface area contributed by atoms with Gasteiger partial charge in [0.1, 0.15) is 30.4 Å². The molecule has 0 amide bonds. The Balaban J connectivity index is 0.000000582. The van der Waals surface area contributed by atoms with Gasteiger partial charge in [0.25, 0.3) is 0 Å². The van der Waals surface area contributed by atoms with Crippen LogP contribution in [0.5, 0.6) is 11.5 Å². The Bertz CT molecular complexity index is 1220. The van der Waals surface area contributed by atoms with Gasteiger partial charge in [-0.3, -0.25) is 4.90 Å². The van der Waals surface area contributed by atoms with Crippen LogP contribution in [0.4, 0.5) is 0 Å². The monoisotopic (exact) mass is 631 g/mol. The Labute approximate surface area is 268 Å². The number of rotatable bonds is 11. The van der Waals surface area contributed by atoms with Gasteiger partial charge in [-0.2, -0.15) is 0 Å². The van der Waals surface area contributed by atoms with E-state index < -0.39 is 5.79 Å². The topological polar surface area (TPSA) is 86.7 Å². The molecule has 5 rings (SSSR count). The Hall–Kier alpha value is -2.46. The van der Waals surface area contributed by atoms with Crippen molar-refractivity contribution in [2.45, 2.75) is 84.0 Å². The summed E-state index contributed by atoms with van der Waals surface area (Å²) in [6, 6.07) is 11.9. The van der Waals surface area contributed by atoms with Crippen molar-refractivity contribution in [2.24, 2.45) is 11.8 Å². The maximum absolute atomic E-state index is 8.95. The van der Waals surface area contributed by atoms with E-state index in [2.05, 4.69) is 32.6 Å². The van der Waals surface area contributed by atoms with Crippen LogP contribution in [0, 0.1) is 11.8 Å². The molecule has 2 heterocycles. The normalized spacial score (nSPS) is 28.9. The van der Waals surface area contributed by atoms with Gasteiger partial charge in [-0.25, -0.2) is 0 Å². The lowest BCUT2D eigenvalue weighted by atomic mass is 9.71. The lowest BCUT2D eigenvalue weighted by Crippen LogP contribution is -2.75. The van der Waals surface area contributed by atoms with Crippen molar-refractivity contribution in [2.75, 3.05) is 34.2 Å². The highest BCUT2D eigenvalue weighted by molar-refractivity contribution is 6.33. The molecule has 1 N–H and O–H groups in total. The molecule has 3 fully saturated rings. The molecule has 9 heteroatoms. The standard InChI is InChI=1S/C29H38ClNO5.C5H10O.CH2O/c1-6-9-22-12-15-25(26(30)27(22)34-17-21-10-13-24(14-11-21)35-19-32)29(33-5)28(18-36-29)20(4)16-23(7-2)31(28)8-3;1-4-3-5(4)6-2;1-2/h6,9-15,20,23,32H,7-8,16-19H2,1-5H3;4-5H,3H2,1-2H3;1H2/b9-6+;;. The van der Waals surface area contributed by atoms with Crippen molar-refractivity contribution in [3.05, 3.63) is 64.2 Å². The minimum atomic E-state index is -0.973. The molecule has 2 aromatic carbocycles. The SMILES string of the molecule is C/C=C/c1ccc(C2(OC)OCC23C(C)CC(CC)N3CC)c(Cl)c1OCc1ccc(OCO)cc1.C=O.COC1CC1C. The molecule has 44 heavy (non-hydrogen) atoms. The molecule has 1 aliphatic carbocycles. The van der Waals surface area contributed by atoms with Crippen LogP contribution in [0.1, 0.15) is 70.6 Å². The van der Waals surface area contributed by atoms with E-state index in [0.717, 1.165) is 42.0 Å². The van der Waals surface area contributed by atoms with Gasteiger partial charge in [0.05, 0.1) is 17.7 Å². The molecule has 1 saturated carbocycles. The lowest BCUT2D eigenvalue weighted by molar-refractivity contribution is -0.398. The molecule has 8 nitrogen and oxygen atoms in total. The first-order valence-electron chi connectivity index (χ1n) is 15.4. The summed E-state index contributed by atoms with van der Waals surface area (Å²) in [7, 11) is 3.49. The van der Waals surface area contributed by atoms with E-state index in [0.29, 0.717) is 47.8 Å². The lowest BCUT2D eigenvalue weighted by Gasteiger charge is -2.62. The number of hydrogen-bond donors (Lipinski definition) is 1. The number of carbonyl (C=O) groups is 1. The fraction of sp³-hybridized carbons (Fsp3) is 0.571. The van der Waals surface area contributed by atoms with Crippen molar-refractivity contribution in [3.8, 4) is 11.5 Å². The quantitative estimate of drug-likeness (QED) is 0.270. The number of ether oxygens (including phenoxy) is 5. The minimum absolute atomic E-state index is 0.289. The van der Waals surface area contributed by atoms with Crippen LogP contribution >= 0.6 is 11.6 Å². The highest BCUT2D eigenvalue weighted by Crippen LogP contribution is 2.60. The fourth-order valence-corrected chi connectivity index (χ4v) is 7.17. The molecule has 2 saturated heterocycles. The average Bonchev–Trinajstić information content (AvgIpc) is 3.67. The molecule has 6 unspecified atom stereocenters. The zero-order valence-corrected chi connectivity index (χ0v) is 28.1. The second kappa shape index (κ2) is 16.2. The van der Waals surface area contributed by atoms with E-state index in [1.165, 1.54) is 6.42 Å². The Kier molecular flexibility index (Phi) is 13.3. The van der Waals surface area contributed by atoms with Crippen LogP contribution in [0.3, 0.4) is 0 Å².